The number of benzene rings is 1. The number of morpholine rings is 1. The van der Waals surface area contributed by atoms with Crippen LogP contribution in [0.3, 0.4) is 0 Å². The first-order valence-corrected chi connectivity index (χ1v) is 11.5. The summed E-state index contributed by atoms with van der Waals surface area (Å²) in [6.07, 6.45) is 7.89. The lowest BCUT2D eigenvalue weighted by Gasteiger charge is -2.32. The molecular weight excluding hydrogens is 402 g/mol. The number of pyridine rings is 1. The van der Waals surface area contributed by atoms with Gasteiger partial charge >= 0.3 is 0 Å². The Hall–Kier alpha value is -2.93. The van der Waals surface area contributed by atoms with Crippen molar-refractivity contribution in [2.24, 2.45) is 9.98 Å². The lowest BCUT2D eigenvalue weighted by Crippen LogP contribution is -2.36. The first-order chi connectivity index (χ1) is 15.7. The van der Waals surface area contributed by atoms with Gasteiger partial charge in [-0.25, -0.2) is 4.98 Å². The Morgan fingerprint density at radius 3 is 2.62 bits per heavy atom. The minimum absolute atomic E-state index is 0.155. The molecule has 1 N–H and O–H groups in total. The van der Waals surface area contributed by atoms with E-state index in [0.717, 1.165) is 80.6 Å². The smallest absolute Gasteiger partial charge is 0.149 e. The van der Waals surface area contributed by atoms with E-state index in [0.29, 0.717) is 6.04 Å². The third-order valence-corrected chi connectivity index (χ3v) is 6.08. The zero-order chi connectivity index (χ0) is 22.3. The SMILES string of the molecule is C=Nc1cc(N2CCOCC2)cc(O[C@H]2CC[C@@H](Nc3ccc(C)cn3)CC2)c1/N=C\C. The van der Waals surface area contributed by atoms with Crippen LogP contribution in [0.2, 0.25) is 0 Å². The normalized spacial score (nSPS) is 21.5. The lowest BCUT2D eigenvalue weighted by atomic mass is 9.93. The van der Waals surface area contributed by atoms with Crippen molar-refractivity contribution in [2.75, 3.05) is 36.5 Å². The van der Waals surface area contributed by atoms with E-state index in [1.807, 2.05) is 25.3 Å². The van der Waals surface area contributed by atoms with E-state index >= 15 is 0 Å². The summed E-state index contributed by atoms with van der Waals surface area (Å²) >= 11 is 0. The first-order valence-electron chi connectivity index (χ1n) is 11.5. The second-order valence-electron chi connectivity index (χ2n) is 8.41. The van der Waals surface area contributed by atoms with Crippen LogP contribution in [-0.2, 0) is 4.74 Å². The van der Waals surface area contributed by atoms with Gasteiger partial charge in [0.2, 0.25) is 0 Å². The predicted molar refractivity (Wildman–Crippen MR) is 132 cm³/mol. The highest BCUT2D eigenvalue weighted by Crippen LogP contribution is 2.43. The van der Waals surface area contributed by atoms with Crippen molar-refractivity contribution in [3.63, 3.8) is 0 Å². The summed E-state index contributed by atoms with van der Waals surface area (Å²) in [5.41, 5.74) is 3.76. The highest BCUT2D eigenvalue weighted by atomic mass is 16.5. The molecule has 2 fully saturated rings. The molecule has 0 spiro atoms. The topological polar surface area (TPSA) is 71.3 Å². The summed E-state index contributed by atoms with van der Waals surface area (Å²) in [6.45, 7) is 10.9. The molecule has 0 atom stereocenters. The summed E-state index contributed by atoms with van der Waals surface area (Å²) in [4.78, 5) is 15.6. The summed E-state index contributed by atoms with van der Waals surface area (Å²) in [6, 6.07) is 8.70. The Balaban J connectivity index is 1.45. The fourth-order valence-corrected chi connectivity index (χ4v) is 4.32. The van der Waals surface area contributed by atoms with E-state index in [2.05, 4.69) is 51.0 Å². The molecule has 1 aromatic carbocycles. The summed E-state index contributed by atoms with van der Waals surface area (Å²) in [5.74, 6) is 1.73. The Morgan fingerprint density at radius 2 is 1.97 bits per heavy atom. The van der Waals surface area contributed by atoms with Crippen molar-refractivity contribution < 1.29 is 9.47 Å². The predicted octanol–water partition coefficient (Wildman–Crippen LogP) is 5.08. The van der Waals surface area contributed by atoms with E-state index in [-0.39, 0.29) is 6.10 Å². The number of hydrogen-bond donors (Lipinski definition) is 1. The maximum atomic E-state index is 6.52. The van der Waals surface area contributed by atoms with Crippen LogP contribution in [0, 0.1) is 6.92 Å². The van der Waals surface area contributed by atoms with Crippen LogP contribution in [0.25, 0.3) is 0 Å². The van der Waals surface area contributed by atoms with Crippen molar-refractivity contribution in [3.05, 3.63) is 36.0 Å². The van der Waals surface area contributed by atoms with Gasteiger partial charge in [-0.15, -0.1) is 0 Å². The molecule has 2 aromatic rings. The molecule has 7 heteroatoms. The standard InChI is InChI=1S/C25H33N5O2/c1-4-27-25-22(26-3)15-20(30-11-13-31-14-12-30)16-23(25)32-21-8-6-19(7-9-21)29-24-10-5-18(2)17-28-24/h4-5,10,15-17,19,21H,3,6-9,11-14H2,1-2H3,(H,28,29)/b27-4-/t19-,21+. The molecule has 0 bridgehead atoms. The zero-order valence-electron chi connectivity index (χ0n) is 19.1. The summed E-state index contributed by atoms with van der Waals surface area (Å²) in [7, 11) is 0. The van der Waals surface area contributed by atoms with Gasteiger partial charge < -0.3 is 19.7 Å². The molecule has 2 heterocycles. The fraction of sp³-hybridized carbons (Fsp3) is 0.480. The van der Waals surface area contributed by atoms with Gasteiger partial charge in [0, 0.05) is 43.3 Å². The average molecular weight is 436 g/mol. The second kappa shape index (κ2) is 10.6. The van der Waals surface area contributed by atoms with Crippen LogP contribution in [0.4, 0.5) is 22.9 Å². The number of anilines is 2. The summed E-state index contributed by atoms with van der Waals surface area (Å²) in [5, 5.41) is 3.56. The van der Waals surface area contributed by atoms with Crippen molar-refractivity contribution in [2.45, 2.75) is 51.7 Å². The number of aliphatic imine (C=N–C) groups is 2. The Bertz CT molecular complexity index is 930. The Labute approximate surface area is 190 Å². The van der Waals surface area contributed by atoms with E-state index < -0.39 is 0 Å². The molecule has 0 amide bonds. The molecule has 4 rings (SSSR count). The van der Waals surface area contributed by atoms with Gasteiger partial charge in [-0.05, 0) is 63.9 Å². The van der Waals surface area contributed by atoms with Crippen molar-refractivity contribution in [3.8, 4) is 5.75 Å². The van der Waals surface area contributed by atoms with Gasteiger partial charge in [0.25, 0.3) is 0 Å². The number of hydrogen-bond acceptors (Lipinski definition) is 7. The van der Waals surface area contributed by atoms with Gasteiger partial charge in [-0.3, -0.25) is 9.98 Å². The zero-order valence-corrected chi connectivity index (χ0v) is 19.1. The molecule has 1 saturated carbocycles. The molecule has 0 radical (unpaired) electrons. The van der Waals surface area contributed by atoms with E-state index in [1.165, 1.54) is 5.56 Å². The number of aromatic nitrogens is 1. The van der Waals surface area contributed by atoms with Crippen LogP contribution >= 0.6 is 0 Å². The minimum Gasteiger partial charge on any atom is -0.488 e. The van der Waals surface area contributed by atoms with E-state index in [9.17, 15) is 0 Å². The third-order valence-electron chi connectivity index (χ3n) is 6.08. The lowest BCUT2D eigenvalue weighted by molar-refractivity contribution is 0.122. The van der Waals surface area contributed by atoms with Crippen LogP contribution in [0.15, 0.2) is 40.4 Å². The van der Waals surface area contributed by atoms with Crippen molar-refractivity contribution >= 4 is 35.8 Å². The minimum atomic E-state index is 0.155. The van der Waals surface area contributed by atoms with Crippen LogP contribution in [-0.4, -0.2) is 56.4 Å². The highest BCUT2D eigenvalue weighted by molar-refractivity contribution is 5.80. The number of nitrogens with zero attached hydrogens (tertiary/aromatic N) is 4. The van der Waals surface area contributed by atoms with Gasteiger partial charge in [-0.1, -0.05) is 6.07 Å². The molecule has 2 aliphatic rings. The number of nitrogens with one attached hydrogen (secondary N) is 1. The fourth-order valence-electron chi connectivity index (χ4n) is 4.32. The van der Waals surface area contributed by atoms with Crippen LogP contribution in [0.1, 0.15) is 38.2 Å². The van der Waals surface area contributed by atoms with Crippen molar-refractivity contribution in [1.82, 2.24) is 4.98 Å². The molecular formula is C25H33N5O2. The molecule has 1 aliphatic carbocycles. The maximum Gasteiger partial charge on any atom is 0.149 e. The van der Waals surface area contributed by atoms with Crippen LogP contribution < -0.4 is 15.0 Å². The average Bonchev–Trinajstić information content (AvgIpc) is 2.83. The number of rotatable bonds is 7. The molecule has 1 aromatic heterocycles. The Morgan fingerprint density at radius 1 is 1.19 bits per heavy atom. The van der Waals surface area contributed by atoms with Gasteiger partial charge in [0.15, 0.2) is 0 Å². The number of ether oxygens (including phenoxy) is 2. The molecule has 1 aliphatic heterocycles. The maximum absolute atomic E-state index is 6.52. The van der Waals surface area contributed by atoms with Crippen LogP contribution in [0.5, 0.6) is 5.75 Å². The van der Waals surface area contributed by atoms with Gasteiger partial charge in [0.1, 0.15) is 17.3 Å². The molecule has 32 heavy (non-hydrogen) atoms. The molecule has 170 valence electrons. The van der Waals surface area contributed by atoms with Crippen molar-refractivity contribution in [1.29, 1.82) is 0 Å². The Kier molecular flexibility index (Phi) is 7.37. The highest BCUT2D eigenvalue weighted by Gasteiger charge is 2.25. The monoisotopic (exact) mass is 435 g/mol. The largest absolute Gasteiger partial charge is 0.488 e. The summed E-state index contributed by atoms with van der Waals surface area (Å²) < 4.78 is 12.0. The first kappa shape index (κ1) is 22.3. The third kappa shape index (κ3) is 5.46. The quantitative estimate of drug-likeness (QED) is 0.614. The van der Waals surface area contributed by atoms with E-state index in [1.54, 1.807) is 6.21 Å². The second-order valence-corrected chi connectivity index (χ2v) is 8.41. The number of aryl methyl sites for hydroxylation is 1. The van der Waals surface area contributed by atoms with Gasteiger partial charge in [-0.2, -0.15) is 0 Å². The molecule has 7 nitrogen and oxygen atoms in total. The molecule has 0 unspecified atom stereocenters. The molecule has 1 saturated heterocycles. The van der Waals surface area contributed by atoms with E-state index in [4.69, 9.17) is 9.47 Å². The van der Waals surface area contributed by atoms with Gasteiger partial charge in [0.05, 0.1) is 25.0 Å².